The predicted octanol–water partition coefficient (Wildman–Crippen LogP) is 2.49. The van der Waals surface area contributed by atoms with E-state index in [9.17, 15) is 4.79 Å². The van der Waals surface area contributed by atoms with E-state index < -0.39 is 0 Å². The van der Waals surface area contributed by atoms with Crippen LogP contribution in [-0.2, 0) is 4.79 Å². The fraction of sp³-hybridized carbons (Fsp3) is 0.611. The van der Waals surface area contributed by atoms with Crippen molar-refractivity contribution in [3.8, 4) is 11.5 Å². The number of benzene rings is 1. The van der Waals surface area contributed by atoms with Crippen LogP contribution in [0.4, 0.5) is 0 Å². The van der Waals surface area contributed by atoms with Crippen LogP contribution >= 0.6 is 12.4 Å². The largest absolute Gasteiger partial charge is 0.486 e. The van der Waals surface area contributed by atoms with Gasteiger partial charge in [0.05, 0.1) is 6.54 Å². The molecular weight excluding hydrogens is 328 g/mol. The van der Waals surface area contributed by atoms with E-state index >= 15 is 0 Å². The number of para-hydroxylation sites is 2. The van der Waals surface area contributed by atoms with Gasteiger partial charge in [0.1, 0.15) is 6.61 Å². The molecule has 3 rings (SSSR count). The highest BCUT2D eigenvalue weighted by Crippen LogP contribution is 2.31. The van der Waals surface area contributed by atoms with Crippen LogP contribution in [0.5, 0.6) is 11.5 Å². The van der Waals surface area contributed by atoms with Crippen LogP contribution in [0.2, 0.25) is 0 Å². The van der Waals surface area contributed by atoms with E-state index in [2.05, 4.69) is 5.32 Å². The van der Waals surface area contributed by atoms with E-state index in [1.54, 1.807) is 0 Å². The molecule has 0 saturated carbocycles. The van der Waals surface area contributed by atoms with Gasteiger partial charge in [0.15, 0.2) is 17.6 Å². The summed E-state index contributed by atoms with van der Waals surface area (Å²) in [5.74, 6) is 2.31. The number of fused-ring (bicyclic) bond motifs is 1. The van der Waals surface area contributed by atoms with Gasteiger partial charge in [-0.2, -0.15) is 0 Å². The number of piperidine rings is 1. The zero-order valence-electron chi connectivity index (χ0n) is 14.2. The van der Waals surface area contributed by atoms with Crippen LogP contribution in [0, 0.1) is 5.92 Å². The third-order valence-corrected chi connectivity index (χ3v) is 4.65. The molecule has 0 aliphatic carbocycles. The Labute approximate surface area is 150 Å². The van der Waals surface area contributed by atoms with Gasteiger partial charge in [0.25, 0.3) is 0 Å². The van der Waals surface area contributed by atoms with Gasteiger partial charge < -0.3 is 19.7 Å². The van der Waals surface area contributed by atoms with Crippen LogP contribution in [0.3, 0.4) is 0 Å². The Bertz CT molecular complexity index is 535. The minimum Gasteiger partial charge on any atom is -0.486 e. The average Bonchev–Trinajstić information content (AvgIpc) is 2.60. The summed E-state index contributed by atoms with van der Waals surface area (Å²) in [6.07, 6.45) is 2.75. The van der Waals surface area contributed by atoms with Crippen LogP contribution in [0.25, 0.3) is 0 Å². The van der Waals surface area contributed by atoms with Gasteiger partial charge in [-0.05, 0) is 50.9 Å². The summed E-state index contributed by atoms with van der Waals surface area (Å²) in [6.45, 7) is 5.88. The third kappa shape index (κ3) is 4.77. The molecular formula is C18H27ClN2O3. The standard InChI is InChI=1S/C18H26N2O3.ClH/c1-2-20(18(21)11-14-7-9-19-10-8-14)12-15-13-22-16-5-3-4-6-17(16)23-15;/h3-6,14-15,19H,2,7-13H2,1H3;1H. The first-order chi connectivity index (χ1) is 11.3. The zero-order valence-corrected chi connectivity index (χ0v) is 15.0. The van der Waals surface area contributed by atoms with Crippen molar-refractivity contribution in [2.45, 2.75) is 32.3 Å². The maximum atomic E-state index is 12.6. The van der Waals surface area contributed by atoms with Gasteiger partial charge in [-0.1, -0.05) is 12.1 Å². The van der Waals surface area contributed by atoms with Crippen molar-refractivity contribution >= 4 is 18.3 Å². The van der Waals surface area contributed by atoms with Crippen molar-refractivity contribution in [2.24, 2.45) is 5.92 Å². The molecule has 6 heteroatoms. The van der Waals surface area contributed by atoms with Gasteiger partial charge >= 0.3 is 0 Å². The van der Waals surface area contributed by atoms with Crippen LogP contribution in [-0.4, -0.2) is 49.7 Å². The second kappa shape index (κ2) is 9.14. The molecule has 1 saturated heterocycles. The molecule has 0 aromatic heterocycles. The first-order valence-electron chi connectivity index (χ1n) is 8.63. The molecule has 0 radical (unpaired) electrons. The number of carbonyl (C=O) groups excluding carboxylic acids is 1. The van der Waals surface area contributed by atoms with E-state index in [0.29, 0.717) is 32.0 Å². The first kappa shape index (κ1) is 18.9. The van der Waals surface area contributed by atoms with E-state index in [1.165, 1.54) is 0 Å². The van der Waals surface area contributed by atoms with Gasteiger partial charge in [0.2, 0.25) is 5.91 Å². The second-order valence-corrected chi connectivity index (χ2v) is 6.33. The second-order valence-electron chi connectivity index (χ2n) is 6.33. The molecule has 1 unspecified atom stereocenters. The highest BCUT2D eigenvalue weighted by Gasteiger charge is 2.26. The fourth-order valence-electron chi connectivity index (χ4n) is 3.27. The molecule has 0 bridgehead atoms. The molecule has 2 aliphatic rings. The number of likely N-dealkylation sites (N-methyl/N-ethyl adjacent to an activating group) is 1. The van der Waals surface area contributed by atoms with Crippen molar-refractivity contribution in [1.82, 2.24) is 10.2 Å². The number of carbonyl (C=O) groups is 1. The molecule has 1 fully saturated rings. The molecule has 1 aromatic carbocycles. The van der Waals surface area contributed by atoms with E-state index in [1.807, 2.05) is 36.1 Å². The summed E-state index contributed by atoms with van der Waals surface area (Å²) >= 11 is 0. The lowest BCUT2D eigenvalue weighted by atomic mass is 9.94. The van der Waals surface area contributed by atoms with Gasteiger partial charge in [-0.15, -0.1) is 12.4 Å². The molecule has 24 heavy (non-hydrogen) atoms. The maximum Gasteiger partial charge on any atom is 0.222 e. The molecule has 134 valence electrons. The number of hydrogen-bond donors (Lipinski definition) is 1. The highest BCUT2D eigenvalue weighted by atomic mass is 35.5. The number of nitrogens with zero attached hydrogens (tertiary/aromatic N) is 1. The van der Waals surface area contributed by atoms with Gasteiger partial charge in [0, 0.05) is 13.0 Å². The molecule has 1 amide bonds. The summed E-state index contributed by atoms with van der Waals surface area (Å²) in [5.41, 5.74) is 0. The Morgan fingerprint density at radius 2 is 1.96 bits per heavy atom. The Balaban J connectivity index is 0.00000208. The average molecular weight is 355 g/mol. The number of hydrogen-bond acceptors (Lipinski definition) is 4. The van der Waals surface area contributed by atoms with E-state index in [-0.39, 0.29) is 24.4 Å². The lowest BCUT2D eigenvalue weighted by Gasteiger charge is -2.32. The Hall–Kier alpha value is -1.46. The van der Waals surface area contributed by atoms with Gasteiger partial charge in [-0.3, -0.25) is 4.79 Å². The SMILES string of the molecule is CCN(CC1COc2ccccc2O1)C(=O)CC1CCNCC1.Cl. The van der Waals surface area contributed by atoms with Crippen molar-refractivity contribution in [3.63, 3.8) is 0 Å². The molecule has 1 N–H and O–H groups in total. The van der Waals surface area contributed by atoms with Crippen LogP contribution in [0.1, 0.15) is 26.2 Å². The lowest BCUT2D eigenvalue weighted by Crippen LogP contribution is -2.44. The van der Waals surface area contributed by atoms with E-state index in [4.69, 9.17) is 9.47 Å². The summed E-state index contributed by atoms with van der Waals surface area (Å²) in [6, 6.07) is 7.69. The monoisotopic (exact) mass is 354 g/mol. The van der Waals surface area contributed by atoms with Gasteiger partial charge in [-0.25, -0.2) is 0 Å². The smallest absolute Gasteiger partial charge is 0.222 e. The minimum absolute atomic E-state index is 0. The summed E-state index contributed by atoms with van der Waals surface area (Å²) in [7, 11) is 0. The van der Waals surface area contributed by atoms with Crippen molar-refractivity contribution < 1.29 is 14.3 Å². The summed E-state index contributed by atoms with van der Waals surface area (Å²) in [5, 5.41) is 3.34. The van der Waals surface area contributed by atoms with E-state index in [0.717, 1.165) is 37.4 Å². The van der Waals surface area contributed by atoms with Crippen LogP contribution in [0.15, 0.2) is 24.3 Å². The molecule has 0 spiro atoms. The number of amides is 1. The predicted molar refractivity (Wildman–Crippen MR) is 96.1 cm³/mol. The number of rotatable bonds is 5. The lowest BCUT2D eigenvalue weighted by molar-refractivity contribution is -0.133. The summed E-state index contributed by atoms with van der Waals surface area (Å²) < 4.78 is 11.7. The quantitative estimate of drug-likeness (QED) is 0.882. The molecule has 5 nitrogen and oxygen atoms in total. The minimum atomic E-state index is -0.0955. The fourth-order valence-corrected chi connectivity index (χ4v) is 3.27. The number of nitrogens with one attached hydrogen (secondary N) is 1. The summed E-state index contributed by atoms with van der Waals surface area (Å²) in [4.78, 5) is 14.5. The maximum absolute atomic E-state index is 12.6. The van der Waals surface area contributed by atoms with Crippen molar-refractivity contribution in [3.05, 3.63) is 24.3 Å². The third-order valence-electron chi connectivity index (χ3n) is 4.65. The van der Waals surface area contributed by atoms with Crippen LogP contribution < -0.4 is 14.8 Å². The zero-order chi connectivity index (χ0) is 16.1. The number of ether oxygens (including phenoxy) is 2. The molecule has 1 atom stereocenters. The molecule has 2 aliphatic heterocycles. The first-order valence-corrected chi connectivity index (χ1v) is 8.63. The topological polar surface area (TPSA) is 50.8 Å². The van der Waals surface area contributed by atoms with Crippen molar-refractivity contribution in [2.75, 3.05) is 32.8 Å². The Kier molecular flexibility index (Phi) is 7.18. The Morgan fingerprint density at radius 1 is 1.25 bits per heavy atom. The normalized spacial score (nSPS) is 20.1. The van der Waals surface area contributed by atoms with Crippen molar-refractivity contribution in [1.29, 1.82) is 0 Å². The molecule has 2 heterocycles. The highest BCUT2D eigenvalue weighted by molar-refractivity contribution is 5.85. The molecule has 1 aromatic rings. The number of halogens is 1. The Morgan fingerprint density at radius 3 is 2.67 bits per heavy atom.